The first-order valence-electron chi connectivity index (χ1n) is 6.49. The Balaban J connectivity index is 2.05. The summed E-state index contributed by atoms with van der Waals surface area (Å²) in [4.78, 5) is 17.2. The van der Waals surface area contributed by atoms with Gasteiger partial charge in [-0.25, -0.2) is 4.79 Å². The Morgan fingerprint density at radius 2 is 2.00 bits per heavy atom. The van der Waals surface area contributed by atoms with E-state index < -0.39 is 5.97 Å². The molecule has 3 rings (SSSR count). The van der Waals surface area contributed by atoms with E-state index in [1.165, 1.54) is 12.1 Å². The van der Waals surface area contributed by atoms with Gasteiger partial charge >= 0.3 is 12.0 Å². The smallest absolute Gasteiger partial charge is 0.335 e. The molecular weight excluding hydrogens is 268 g/mol. The van der Waals surface area contributed by atoms with Gasteiger partial charge in [0.05, 0.1) is 5.56 Å². The molecule has 1 N–H and O–H groups in total. The third kappa shape index (κ3) is 2.33. The predicted molar refractivity (Wildman–Crippen MR) is 80.2 cm³/mol. The third-order valence-electron chi connectivity index (χ3n) is 3.39. The van der Waals surface area contributed by atoms with Gasteiger partial charge in [-0.05, 0) is 36.8 Å². The normalized spacial score (nSPS) is 10.8. The Morgan fingerprint density at radius 3 is 2.71 bits per heavy atom. The van der Waals surface area contributed by atoms with E-state index in [-0.39, 0.29) is 5.56 Å². The predicted octanol–water partition coefficient (Wildman–Crippen LogP) is 3.60. The number of carboxylic acid groups (broad SMARTS) is 1. The van der Waals surface area contributed by atoms with Crippen molar-refractivity contribution in [2.75, 3.05) is 11.9 Å². The van der Waals surface area contributed by atoms with Crippen molar-refractivity contribution < 1.29 is 14.3 Å². The number of oxazole rings is 1. The van der Waals surface area contributed by atoms with Gasteiger partial charge in [-0.3, -0.25) is 4.90 Å². The van der Waals surface area contributed by atoms with E-state index >= 15 is 0 Å². The summed E-state index contributed by atoms with van der Waals surface area (Å²) in [5.74, 6) is -0.984. The van der Waals surface area contributed by atoms with Gasteiger partial charge in [-0.15, -0.1) is 0 Å². The fourth-order valence-electron chi connectivity index (χ4n) is 2.23. The van der Waals surface area contributed by atoms with Crippen molar-refractivity contribution >= 4 is 28.8 Å². The van der Waals surface area contributed by atoms with Crippen molar-refractivity contribution in [2.45, 2.75) is 6.92 Å². The summed E-state index contributed by atoms with van der Waals surface area (Å²) >= 11 is 0. The molecule has 0 bridgehead atoms. The SMILES string of the molecule is Cc1ccccc1N(C)c1nc2ccc(C(=O)O)cc2o1. The Labute approximate surface area is 121 Å². The van der Waals surface area contributed by atoms with Gasteiger partial charge in [0, 0.05) is 12.7 Å². The molecule has 0 atom stereocenters. The number of carbonyl (C=O) groups is 1. The minimum Gasteiger partial charge on any atom is -0.478 e. The van der Waals surface area contributed by atoms with Crippen LogP contribution in [-0.4, -0.2) is 23.1 Å². The Kier molecular flexibility index (Phi) is 3.10. The molecule has 5 heteroatoms. The monoisotopic (exact) mass is 282 g/mol. The molecule has 0 spiro atoms. The van der Waals surface area contributed by atoms with Crippen LogP contribution in [-0.2, 0) is 0 Å². The molecule has 21 heavy (non-hydrogen) atoms. The zero-order valence-corrected chi connectivity index (χ0v) is 11.7. The molecule has 2 aromatic carbocycles. The van der Waals surface area contributed by atoms with E-state index in [0.717, 1.165) is 11.3 Å². The molecule has 0 unspecified atom stereocenters. The fraction of sp³-hybridized carbons (Fsp3) is 0.125. The van der Waals surface area contributed by atoms with Crippen molar-refractivity contribution in [3.63, 3.8) is 0 Å². The van der Waals surface area contributed by atoms with Gasteiger partial charge in [-0.2, -0.15) is 4.98 Å². The van der Waals surface area contributed by atoms with E-state index in [0.29, 0.717) is 17.1 Å². The van der Waals surface area contributed by atoms with E-state index in [4.69, 9.17) is 9.52 Å². The van der Waals surface area contributed by atoms with Crippen LogP contribution in [0.3, 0.4) is 0 Å². The molecule has 0 aliphatic heterocycles. The number of benzene rings is 2. The number of aromatic nitrogens is 1. The molecule has 106 valence electrons. The number of fused-ring (bicyclic) bond motifs is 1. The van der Waals surface area contributed by atoms with E-state index in [1.54, 1.807) is 6.07 Å². The number of aromatic carboxylic acids is 1. The topological polar surface area (TPSA) is 66.6 Å². The standard InChI is InChI=1S/C16H14N2O3/c1-10-5-3-4-6-13(10)18(2)16-17-12-8-7-11(15(19)20)9-14(12)21-16/h3-9H,1-2H3,(H,19,20). The molecular formula is C16H14N2O3. The van der Waals surface area contributed by atoms with Gasteiger partial charge in [0.25, 0.3) is 0 Å². The molecule has 5 nitrogen and oxygen atoms in total. The van der Waals surface area contributed by atoms with Crippen LogP contribution in [0.25, 0.3) is 11.1 Å². The molecule has 0 saturated carbocycles. The lowest BCUT2D eigenvalue weighted by atomic mass is 10.2. The zero-order chi connectivity index (χ0) is 15.0. The van der Waals surface area contributed by atoms with Crippen molar-refractivity contribution in [1.29, 1.82) is 0 Å². The van der Waals surface area contributed by atoms with Crippen LogP contribution >= 0.6 is 0 Å². The highest BCUT2D eigenvalue weighted by atomic mass is 16.4. The van der Waals surface area contributed by atoms with Gasteiger partial charge in [-0.1, -0.05) is 18.2 Å². The number of hydrogen-bond acceptors (Lipinski definition) is 4. The molecule has 1 aromatic heterocycles. The second-order valence-electron chi connectivity index (χ2n) is 4.83. The number of carboxylic acids is 1. The number of rotatable bonds is 3. The maximum atomic E-state index is 11.0. The molecule has 0 fully saturated rings. The number of para-hydroxylation sites is 1. The minimum atomic E-state index is -0.984. The largest absolute Gasteiger partial charge is 0.478 e. The summed E-state index contributed by atoms with van der Waals surface area (Å²) in [6, 6.07) is 13.0. The van der Waals surface area contributed by atoms with Crippen LogP contribution in [0, 0.1) is 6.92 Å². The first-order valence-corrected chi connectivity index (χ1v) is 6.49. The van der Waals surface area contributed by atoms with Crippen LogP contribution in [0.4, 0.5) is 11.7 Å². The van der Waals surface area contributed by atoms with E-state index in [2.05, 4.69) is 4.98 Å². The Bertz CT molecular complexity index is 823. The molecule has 0 aliphatic carbocycles. The number of hydrogen-bond donors (Lipinski definition) is 1. The Hall–Kier alpha value is -2.82. The van der Waals surface area contributed by atoms with Crippen LogP contribution < -0.4 is 4.90 Å². The van der Waals surface area contributed by atoms with Crippen LogP contribution in [0.1, 0.15) is 15.9 Å². The average molecular weight is 282 g/mol. The minimum absolute atomic E-state index is 0.184. The lowest BCUT2D eigenvalue weighted by Crippen LogP contribution is -2.10. The number of nitrogens with zero attached hydrogens (tertiary/aromatic N) is 2. The quantitative estimate of drug-likeness (QED) is 0.795. The van der Waals surface area contributed by atoms with Crippen molar-refractivity contribution in [3.8, 4) is 0 Å². The molecule has 0 saturated heterocycles. The van der Waals surface area contributed by atoms with E-state index in [9.17, 15) is 4.79 Å². The van der Waals surface area contributed by atoms with Gasteiger partial charge < -0.3 is 9.52 Å². The van der Waals surface area contributed by atoms with Gasteiger partial charge in [0.15, 0.2) is 5.58 Å². The highest BCUT2D eigenvalue weighted by Gasteiger charge is 2.14. The average Bonchev–Trinajstić information content (AvgIpc) is 2.89. The first kappa shape index (κ1) is 13.2. The zero-order valence-electron chi connectivity index (χ0n) is 11.7. The first-order chi connectivity index (χ1) is 10.1. The second-order valence-corrected chi connectivity index (χ2v) is 4.83. The third-order valence-corrected chi connectivity index (χ3v) is 3.39. The summed E-state index contributed by atoms with van der Waals surface area (Å²) in [6.45, 7) is 2.01. The molecule has 0 amide bonds. The lowest BCUT2D eigenvalue weighted by Gasteiger charge is -2.16. The maximum absolute atomic E-state index is 11.0. The fourth-order valence-corrected chi connectivity index (χ4v) is 2.23. The summed E-state index contributed by atoms with van der Waals surface area (Å²) in [5, 5.41) is 9.00. The Morgan fingerprint density at radius 1 is 1.24 bits per heavy atom. The summed E-state index contributed by atoms with van der Waals surface area (Å²) in [7, 11) is 1.87. The summed E-state index contributed by atoms with van der Waals surface area (Å²) < 4.78 is 5.68. The summed E-state index contributed by atoms with van der Waals surface area (Å²) in [6.07, 6.45) is 0. The number of anilines is 2. The van der Waals surface area contributed by atoms with Crippen LogP contribution in [0.15, 0.2) is 46.9 Å². The van der Waals surface area contributed by atoms with Crippen molar-refractivity contribution in [1.82, 2.24) is 4.98 Å². The number of aryl methyl sites for hydroxylation is 1. The lowest BCUT2D eigenvalue weighted by molar-refractivity contribution is 0.0697. The van der Waals surface area contributed by atoms with Gasteiger partial charge in [0.1, 0.15) is 5.52 Å². The second kappa shape index (κ2) is 4.94. The van der Waals surface area contributed by atoms with Gasteiger partial charge in [0.2, 0.25) is 0 Å². The van der Waals surface area contributed by atoms with Crippen molar-refractivity contribution in [3.05, 3.63) is 53.6 Å². The van der Waals surface area contributed by atoms with Crippen LogP contribution in [0.2, 0.25) is 0 Å². The molecule has 0 radical (unpaired) electrons. The maximum Gasteiger partial charge on any atom is 0.335 e. The highest BCUT2D eigenvalue weighted by Crippen LogP contribution is 2.29. The van der Waals surface area contributed by atoms with E-state index in [1.807, 2.05) is 43.1 Å². The molecule has 1 heterocycles. The summed E-state index contributed by atoms with van der Waals surface area (Å²) in [5.41, 5.74) is 3.38. The molecule has 0 aliphatic rings. The highest BCUT2D eigenvalue weighted by molar-refractivity contribution is 5.92. The van der Waals surface area contributed by atoms with Crippen molar-refractivity contribution in [2.24, 2.45) is 0 Å². The molecule has 3 aromatic rings. The van der Waals surface area contributed by atoms with Crippen LogP contribution in [0.5, 0.6) is 0 Å².